The van der Waals surface area contributed by atoms with Crippen LogP contribution in [0.3, 0.4) is 0 Å². The molecule has 0 radical (unpaired) electrons. The molecule has 0 aromatic rings. The molecule has 19 heavy (non-hydrogen) atoms. The molecule has 2 atom stereocenters. The van der Waals surface area contributed by atoms with Crippen LogP contribution in [0.1, 0.15) is 12.8 Å². The molecule has 9 heteroatoms. The summed E-state index contributed by atoms with van der Waals surface area (Å²) in [5.41, 5.74) is 0. The molecule has 1 aliphatic heterocycles. The lowest BCUT2D eigenvalue weighted by molar-refractivity contribution is -0.140. The van der Waals surface area contributed by atoms with E-state index >= 15 is 0 Å². The van der Waals surface area contributed by atoms with E-state index in [1.54, 1.807) is 0 Å². The van der Waals surface area contributed by atoms with E-state index in [0.717, 1.165) is 17.1 Å². The van der Waals surface area contributed by atoms with Gasteiger partial charge in [0, 0.05) is 19.4 Å². The number of methoxy groups -OCH3 is 1. The maximum Gasteiger partial charge on any atom is 0.322 e. The van der Waals surface area contributed by atoms with E-state index < -0.39 is 22.2 Å². The van der Waals surface area contributed by atoms with Gasteiger partial charge in [-0.25, -0.2) is 0 Å². The van der Waals surface area contributed by atoms with Crippen molar-refractivity contribution >= 4 is 27.9 Å². The average Bonchev–Trinajstić information content (AvgIpc) is 3.07. The van der Waals surface area contributed by atoms with E-state index in [4.69, 9.17) is 9.84 Å². The van der Waals surface area contributed by atoms with Crippen LogP contribution in [-0.4, -0.2) is 61.2 Å². The highest BCUT2D eigenvalue weighted by Crippen LogP contribution is 2.46. The van der Waals surface area contributed by atoms with Crippen LogP contribution in [0, 0.1) is 5.92 Å². The Kier molecular flexibility index (Phi) is 4.72. The maximum absolute atomic E-state index is 12.2. The van der Waals surface area contributed by atoms with Crippen molar-refractivity contribution in [3.8, 4) is 0 Å². The Balaban J connectivity index is 2.12. The number of carbonyl (C=O) groups is 1. The van der Waals surface area contributed by atoms with Gasteiger partial charge in [0.25, 0.3) is 10.2 Å². The van der Waals surface area contributed by atoms with Crippen molar-refractivity contribution in [1.82, 2.24) is 9.03 Å². The molecular weight excluding hydrogens is 292 g/mol. The molecule has 0 aromatic carbocycles. The lowest BCUT2D eigenvalue weighted by Gasteiger charge is -2.26. The first-order valence-corrected chi connectivity index (χ1v) is 8.57. The van der Waals surface area contributed by atoms with Crippen molar-refractivity contribution in [3.05, 3.63) is 0 Å². The zero-order valence-corrected chi connectivity index (χ0v) is 12.2. The maximum atomic E-state index is 12.2. The van der Waals surface area contributed by atoms with Crippen LogP contribution >= 0.6 is 11.8 Å². The molecule has 1 saturated heterocycles. The Labute approximate surface area is 116 Å². The summed E-state index contributed by atoms with van der Waals surface area (Å²) in [5.74, 6) is -0.497. The summed E-state index contributed by atoms with van der Waals surface area (Å²) >= 11 is 1.42. The average molecular weight is 310 g/mol. The SMILES string of the molecule is COCCNS(=O)(=O)N1C(C(=O)O)CSC1C1CC1. The van der Waals surface area contributed by atoms with Gasteiger partial charge in [0.05, 0.1) is 12.0 Å². The monoisotopic (exact) mass is 310 g/mol. The summed E-state index contributed by atoms with van der Waals surface area (Å²) in [5, 5.41) is 8.92. The standard InChI is InChI=1S/C10H18N2O5S2/c1-17-5-4-11-19(15,16)12-8(10(13)14)6-18-9(12)7-2-3-7/h7-9,11H,2-6H2,1H3,(H,13,14). The minimum Gasteiger partial charge on any atom is -0.480 e. The van der Waals surface area contributed by atoms with Gasteiger partial charge in [0.15, 0.2) is 0 Å². The number of carboxylic acid groups (broad SMARTS) is 1. The minimum absolute atomic E-state index is 0.143. The minimum atomic E-state index is -3.78. The molecule has 0 bridgehead atoms. The summed E-state index contributed by atoms with van der Waals surface area (Å²) in [6.45, 7) is 0.399. The number of hydrogen-bond acceptors (Lipinski definition) is 5. The second-order valence-electron chi connectivity index (χ2n) is 4.64. The van der Waals surface area contributed by atoms with Gasteiger partial charge in [-0.3, -0.25) is 4.79 Å². The van der Waals surface area contributed by atoms with Crippen LogP contribution in [0.2, 0.25) is 0 Å². The Hall–Kier alpha value is -0.350. The van der Waals surface area contributed by atoms with Crippen LogP contribution in [0.25, 0.3) is 0 Å². The molecule has 7 nitrogen and oxygen atoms in total. The van der Waals surface area contributed by atoms with Crippen LogP contribution < -0.4 is 4.72 Å². The molecule has 1 heterocycles. The van der Waals surface area contributed by atoms with Crippen LogP contribution in [-0.2, 0) is 19.7 Å². The van der Waals surface area contributed by atoms with Crippen molar-refractivity contribution < 1.29 is 23.1 Å². The normalized spacial score (nSPS) is 28.7. The summed E-state index contributed by atoms with van der Waals surface area (Å²) < 4.78 is 32.8. The van der Waals surface area contributed by atoms with E-state index in [-0.39, 0.29) is 24.4 Å². The van der Waals surface area contributed by atoms with E-state index in [9.17, 15) is 13.2 Å². The Morgan fingerprint density at radius 2 is 2.21 bits per heavy atom. The third-order valence-electron chi connectivity index (χ3n) is 3.16. The second-order valence-corrected chi connectivity index (χ2v) is 7.45. The first-order chi connectivity index (χ1) is 8.97. The highest BCUT2D eigenvalue weighted by atomic mass is 32.2. The van der Waals surface area contributed by atoms with E-state index in [1.807, 2.05) is 0 Å². The zero-order chi connectivity index (χ0) is 14.0. The van der Waals surface area contributed by atoms with Crippen molar-refractivity contribution in [2.24, 2.45) is 5.92 Å². The second kappa shape index (κ2) is 5.96. The molecule has 0 spiro atoms. The third-order valence-corrected chi connectivity index (χ3v) is 6.36. The Morgan fingerprint density at radius 1 is 1.53 bits per heavy atom. The van der Waals surface area contributed by atoms with Crippen molar-refractivity contribution in [1.29, 1.82) is 0 Å². The van der Waals surface area contributed by atoms with Gasteiger partial charge in [0.1, 0.15) is 6.04 Å². The summed E-state index contributed by atoms with van der Waals surface area (Å²) in [6, 6.07) is -0.976. The van der Waals surface area contributed by atoms with E-state index in [0.29, 0.717) is 5.75 Å². The highest BCUT2D eigenvalue weighted by Gasteiger charge is 2.51. The molecule has 1 aliphatic carbocycles. The lowest BCUT2D eigenvalue weighted by Crippen LogP contribution is -2.51. The molecule has 2 unspecified atom stereocenters. The molecule has 110 valence electrons. The van der Waals surface area contributed by atoms with E-state index in [2.05, 4.69) is 4.72 Å². The molecule has 0 amide bonds. The van der Waals surface area contributed by atoms with Gasteiger partial charge in [-0.1, -0.05) is 0 Å². The Morgan fingerprint density at radius 3 is 2.74 bits per heavy atom. The van der Waals surface area contributed by atoms with Crippen molar-refractivity contribution in [2.45, 2.75) is 24.3 Å². The third kappa shape index (κ3) is 3.40. The number of ether oxygens (including phenoxy) is 1. The summed E-state index contributed by atoms with van der Waals surface area (Å²) in [4.78, 5) is 11.2. The summed E-state index contributed by atoms with van der Waals surface area (Å²) in [7, 11) is -2.30. The smallest absolute Gasteiger partial charge is 0.322 e. The zero-order valence-electron chi connectivity index (χ0n) is 10.6. The fourth-order valence-corrected chi connectivity index (χ4v) is 5.64. The molecule has 2 rings (SSSR count). The fraction of sp³-hybridized carbons (Fsp3) is 0.900. The number of thioether (sulfide) groups is 1. The lowest BCUT2D eigenvalue weighted by atomic mass is 10.3. The predicted molar refractivity (Wildman–Crippen MR) is 71.0 cm³/mol. The molecule has 1 saturated carbocycles. The number of hydrogen-bond donors (Lipinski definition) is 2. The van der Waals surface area contributed by atoms with Crippen LogP contribution in [0.5, 0.6) is 0 Å². The number of nitrogens with zero attached hydrogens (tertiary/aromatic N) is 1. The van der Waals surface area contributed by atoms with Crippen molar-refractivity contribution in [3.63, 3.8) is 0 Å². The number of carboxylic acids is 1. The van der Waals surface area contributed by atoms with Crippen molar-refractivity contribution in [2.75, 3.05) is 26.0 Å². The van der Waals surface area contributed by atoms with Gasteiger partial charge in [0.2, 0.25) is 0 Å². The number of rotatable bonds is 7. The van der Waals surface area contributed by atoms with Gasteiger partial charge >= 0.3 is 5.97 Å². The molecular formula is C10H18N2O5S2. The number of aliphatic carboxylic acids is 1. The van der Waals surface area contributed by atoms with E-state index in [1.165, 1.54) is 18.9 Å². The van der Waals surface area contributed by atoms with Gasteiger partial charge in [-0.2, -0.15) is 17.4 Å². The Bertz CT molecular complexity index is 437. The quantitative estimate of drug-likeness (QED) is 0.627. The topological polar surface area (TPSA) is 95.9 Å². The largest absolute Gasteiger partial charge is 0.480 e. The van der Waals surface area contributed by atoms with Gasteiger partial charge in [-0.05, 0) is 18.8 Å². The molecule has 2 N–H and O–H groups in total. The van der Waals surface area contributed by atoms with Crippen LogP contribution in [0.15, 0.2) is 0 Å². The first-order valence-electron chi connectivity index (χ1n) is 6.09. The number of nitrogens with one attached hydrogen (secondary N) is 1. The van der Waals surface area contributed by atoms with Crippen LogP contribution in [0.4, 0.5) is 0 Å². The first kappa shape index (κ1) is 15.0. The summed E-state index contributed by atoms with van der Waals surface area (Å²) in [6.07, 6.45) is 1.93. The molecule has 0 aromatic heterocycles. The van der Waals surface area contributed by atoms with Gasteiger partial charge < -0.3 is 9.84 Å². The predicted octanol–water partition coefficient (Wildman–Crippen LogP) is -0.295. The molecule has 2 aliphatic rings. The van der Waals surface area contributed by atoms with Gasteiger partial charge in [-0.15, -0.1) is 11.8 Å². The fourth-order valence-electron chi connectivity index (χ4n) is 2.07. The molecule has 2 fully saturated rings. The highest BCUT2D eigenvalue weighted by molar-refractivity contribution is 8.01.